The predicted octanol–water partition coefficient (Wildman–Crippen LogP) is 3.38. The van der Waals surface area contributed by atoms with Crippen LogP contribution in [0.25, 0.3) is 0 Å². The van der Waals surface area contributed by atoms with Gasteiger partial charge in [0, 0.05) is 18.6 Å². The second-order valence-corrected chi connectivity index (χ2v) is 6.85. The van der Waals surface area contributed by atoms with Gasteiger partial charge in [0.15, 0.2) is 0 Å². The van der Waals surface area contributed by atoms with E-state index in [2.05, 4.69) is 51.2 Å². The van der Waals surface area contributed by atoms with E-state index < -0.39 is 0 Å². The third-order valence-electron chi connectivity index (χ3n) is 4.11. The number of hydrogen-bond acceptors (Lipinski definition) is 3. The van der Waals surface area contributed by atoms with Crippen molar-refractivity contribution in [1.82, 2.24) is 5.32 Å². The highest BCUT2D eigenvalue weighted by Crippen LogP contribution is 2.31. The normalized spacial score (nSPS) is 20.5. The highest BCUT2D eigenvalue weighted by Gasteiger charge is 2.26. The van der Waals surface area contributed by atoms with E-state index in [-0.39, 0.29) is 5.41 Å². The first-order valence-electron chi connectivity index (χ1n) is 8.05. The summed E-state index contributed by atoms with van der Waals surface area (Å²) in [5.41, 5.74) is 1.36. The molecule has 3 nitrogen and oxygen atoms in total. The molecule has 0 aromatic heterocycles. The highest BCUT2D eigenvalue weighted by atomic mass is 16.5. The van der Waals surface area contributed by atoms with Crippen molar-refractivity contribution in [1.29, 1.82) is 0 Å². The van der Waals surface area contributed by atoms with Crippen molar-refractivity contribution in [2.45, 2.75) is 45.6 Å². The summed E-state index contributed by atoms with van der Waals surface area (Å²) in [4.78, 5) is 0. The highest BCUT2D eigenvalue weighted by molar-refractivity contribution is 5.38. The Morgan fingerprint density at radius 1 is 1.33 bits per heavy atom. The van der Waals surface area contributed by atoms with Gasteiger partial charge in [-0.05, 0) is 30.0 Å². The first-order valence-corrected chi connectivity index (χ1v) is 8.05. The van der Waals surface area contributed by atoms with Crippen LogP contribution in [-0.2, 0) is 10.2 Å². The van der Waals surface area contributed by atoms with Gasteiger partial charge in [-0.3, -0.25) is 0 Å². The number of nitrogens with one attached hydrogen (secondary N) is 1. The van der Waals surface area contributed by atoms with Gasteiger partial charge in [-0.15, -0.1) is 0 Å². The molecular weight excluding hydrogens is 262 g/mol. The standard InChI is InChI=1S/C18H29NO2/c1-5-19-16(14-10-11-20-12-14)13-21-17-9-7-6-8-15(17)18(2,3)4/h6-9,14,16,19H,5,10-13H2,1-4H3. The maximum absolute atomic E-state index is 6.17. The largest absolute Gasteiger partial charge is 0.492 e. The quantitative estimate of drug-likeness (QED) is 0.871. The summed E-state index contributed by atoms with van der Waals surface area (Å²) in [7, 11) is 0. The van der Waals surface area contributed by atoms with E-state index in [0.717, 1.165) is 31.9 Å². The fourth-order valence-electron chi connectivity index (χ4n) is 2.89. The smallest absolute Gasteiger partial charge is 0.123 e. The minimum Gasteiger partial charge on any atom is -0.492 e. The molecule has 1 aromatic rings. The molecule has 21 heavy (non-hydrogen) atoms. The van der Waals surface area contributed by atoms with Crippen molar-refractivity contribution in [2.24, 2.45) is 5.92 Å². The van der Waals surface area contributed by atoms with Crippen LogP contribution in [0.5, 0.6) is 5.75 Å². The molecule has 1 saturated heterocycles. The molecule has 2 unspecified atom stereocenters. The summed E-state index contributed by atoms with van der Waals surface area (Å²) in [6.45, 7) is 12.2. The SMILES string of the molecule is CCNC(COc1ccccc1C(C)(C)C)C1CCOC1. The van der Waals surface area contributed by atoms with Crippen molar-refractivity contribution in [3.63, 3.8) is 0 Å². The molecule has 0 radical (unpaired) electrons. The maximum atomic E-state index is 6.17. The van der Waals surface area contributed by atoms with Gasteiger partial charge in [-0.1, -0.05) is 45.9 Å². The fourth-order valence-corrected chi connectivity index (χ4v) is 2.89. The summed E-state index contributed by atoms with van der Waals surface area (Å²) in [6.07, 6.45) is 1.13. The Morgan fingerprint density at radius 2 is 2.10 bits per heavy atom. The topological polar surface area (TPSA) is 30.5 Å². The number of benzene rings is 1. The van der Waals surface area contributed by atoms with Crippen molar-refractivity contribution < 1.29 is 9.47 Å². The molecule has 0 amide bonds. The van der Waals surface area contributed by atoms with Crippen LogP contribution < -0.4 is 10.1 Å². The summed E-state index contributed by atoms with van der Waals surface area (Å²) in [5, 5.41) is 3.55. The van der Waals surface area contributed by atoms with Crippen LogP contribution in [0.4, 0.5) is 0 Å². The molecule has 1 aliphatic heterocycles. The average molecular weight is 291 g/mol. The molecule has 2 atom stereocenters. The number of likely N-dealkylation sites (N-methyl/N-ethyl adjacent to an activating group) is 1. The Balaban J connectivity index is 2.03. The molecule has 2 rings (SSSR count). The van der Waals surface area contributed by atoms with E-state index in [4.69, 9.17) is 9.47 Å². The van der Waals surface area contributed by atoms with Crippen molar-refractivity contribution in [2.75, 3.05) is 26.4 Å². The molecule has 1 aliphatic rings. The molecule has 1 fully saturated rings. The second-order valence-electron chi connectivity index (χ2n) is 6.85. The molecule has 0 saturated carbocycles. The number of hydrogen-bond donors (Lipinski definition) is 1. The Bertz CT molecular complexity index is 433. The third-order valence-corrected chi connectivity index (χ3v) is 4.11. The van der Waals surface area contributed by atoms with E-state index in [0.29, 0.717) is 18.6 Å². The van der Waals surface area contributed by atoms with Crippen LogP contribution >= 0.6 is 0 Å². The molecule has 3 heteroatoms. The number of ether oxygens (including phenoxy) is 2. The summed E-state index contributed by atoms with van der Waals surface area (Å²) in [6, 6.07) is 8.74. The Labute approximate surface area is 129 Å². The van der Waals surface area contributed by atoms with E-state index >= 15 is 0 Å². The summed E-state index contributed by atoms with van der Waals surface area (Å²) in [5.74, 6) is 1.57. The Hall–Kier alpha value is -1.06. The Kier molecular flexibility index (Phi) is 5.65. The van der Waals surface area contributed by atoms with Gasteiger partial charge in [-0.2, -0.15) is 0 Å². The fraction of sp³-hybridized carbons (Fsp3) is 0.667. The van der Waals surface area contributed by atoms with Gasteiger partial charge in [-0.25, -0.2) is 0 Å². The summed E-state index contributed by atoms with van der Waals surface area (Å²) >= 11 is 0. The molecule has 1 heterocycles. The van der Waals surface area contributed by atoms with Crippen LogP contribution in [0, 0.1) is 5.92 Å². The Morgan fingerprint density at radius 3 is 2.71 bits per heavy atom. The lowest BCUT2D eigenvalue weighted by Gasteiger charge is -2.26. The van der Waals surface area contributed by atoms with Crippen molar-refractivity contribution >= 4 is 0 Å². The van der Waals surface area contributed by atoms with Gasteiger partial charge < -0.3 is 14.8 Å². The van der Waals surface area contributed by atoms with Crippen LogP contribution in [0.15, 0.2) is 24.3 Å². The van der Waals surface area contributed by atoms with Gasteiger partial charge in [0.25, 0.3) is 0 Å². The first-order chi connectivity index (χ1) is 10.0. The number of para-hydroxylation sites is 1. The first kappa shape index (κ1) is 16.3. The minimum atomic E-state index is 0.0980. The van der Waals surface area contributed by atoms with E-state index in [1.807, 2.05) is 6.07 Å². The summed E-state index contributed by atoms with van der Waals surface area (Å²) < 4.78 is 11.7. The molecular formula is C18H29NO2. The zero-order chi connectivity index (χ0) is 15.3. The third kappa shape index (κ3) is 4.45. The minimum absolute atomic E-state index is 0.0980. The van der Waals surface area contributed by atoms with E-state index in [1.54, 1.807) is 0 Å². The van der Waals surface area contributed by atoms with Gasteiger partial charge in [0.05, 0.1) is 6.61 Å². The lowest BCUT2D eigenvalue weighted by molar-refractivity contribution is 0.160. The second kappa shape index (κ2) is 7.28. The van der Waals surface area contributed by atoms with Gasteiger partial charge in [0.2, 0.25) is 0 Å². The lowest BCUT2D eigenvalue weighted by Crippen LogP contribution is -2.41. The van der Waals surface area contributed by atoms with Crippen molar-refractivity contribution in [3.05, 3.63) is 29.8 Å². The average Bonchev–Trinajstić information content (AvgIpc) is 2.97. The van der Waals surface area contributed by atoms with Crippen molar-refractivity contribution in [3.8, 4) is 5.75 Å². The zero-order valence-electron chi connectivity index (χ0n) is 13.8. The molecule has 1 N–H and O–H groups in total. The van der Waals surface area contributed by atoms with Crippen LogP contribution in [0.1, 0.15) is 39.7 Å². The lowest BCUT2D eigenvalue weighted by atomic mass is 9.86. The van der Waals surface area contributed by atoms with Crippen LogP contribution in [0.2, 0.25) is 0 Å². The van der Waals surface area contributed by atoms with E-state index in [1.165, 1.54) is 5.56 Å². The zero-order valence-corrected chi connectivity index (χ0v) is 13.8. The maximum Gasteiger partial charge on any atom is 0.123 e. The predicted molar refractivity (Wildman–Crippen MR) is 87.0 cm³/mol. The van der Waals surface area contributed by atoms with Gasteiger partial charge >= 0.3 is 0 Å². The van der Waals surface area contributed by atoms with E-state index in [9.17, 15) is 0 Å². The molecule has 0 spiro atoms. The van der Waals surface area contributed by atoms with Gasteiger partial charge in [0.1, 0.15) is 12.4 Å². The molecule has 1 aromatic carbocycles. The van der Waals surface area contributed by atoms with Crippen LogP contribution in [0.3, 0.4) is 0 Å². The van der Waals surface area contributed by atoms with Crippen LogP contribution in [-0.4, -0.2) is 32.4 Å². The number of rotatable bonds is 6. The monoisotopic (exact) mass is 291 g/mol. The molecule has 0 aliphatic carbocycles. The molecule has 0 bridgehead atoms. The molecule has 118 valence electrons.